The van der Waals surface area contributed by atoms with Crippen molar-refractivity contribution in [3.8, 4) is 0 Å². The number of alkyl halides is 1. The molecule has 0 aromatic heterocycles. The quantitative estimate of drug-likeness (QED) is 0.249. The molecular formula is C45H75FN2O4S. The number of hydrogen-bond acceptors (Lipinski definition) is 6. The van der Waals surface area contributed by atoms with Crippen LogP contribution in [0.1, 0.15) is 152 Å². The standard InChI is InChI=1S/C45H75FN2O4S/c1-29(46)33(48-24-26-53(50,51)27-25-48)28-47-45-19-13-30(41(6)20-21-41)37(45)31-10-11-35-42(7)17-15-36(52-38(49)32-12-16-39(32,2)3)40(4,5)34(42)14-18-44(35,9)43(31,8)22-23-45/h29-37,47H,10-28H2,1-9H3/t29-,30+,31+,32+,33+,34-,35+,36-,37+,42-,43+,44+,45-/m0/s1. The zero-order chi connectivity index (χ0) is 38.2. The molecule has 7 aliphatic carbocycles. The number of ether oxygens (including phenoxy) is 1. The van der Waals surface area contributed by atoms with Crippen molar-refractivity contribution < 1.29 is 22.3 Å². The molecule has 1 saturated heterocycles. The van der Waals surface area contributed by atoms with Crippen LogP contribution in [0.2, 0.25) is 0 Å². The second-order valence-corrected chi connectivity index (χ2v) is 25.1. The van der Waals surface area contributed by atoms with E-state index in [1.807, 2.05) is 0 Å². The molecule has 0 spiro atoms. The van der Waals surface area contributed by atoms with Gasteiger partial charge in [-0.2, -0.15) is 0 Å². The van der Waals surface area contributed by atoms with Gasteiger partial charge in [-0.1, -0.05) is 55.4 Å². The molecule has 1 heterocycles. The molecule has 0 unspecified atom stereocenters. The monoisotopic (exact) mass is 759 g/mol. The van der Waals surface area contributed by atoms with Crippen molar-refractivity contribution in [2.75, 3.05) is 31.1 Å². The van der Waals surface area contributed by atoms with Crippen LogP contribution in [0.25, 0.3) is 0 Å². The Kier molecular flexibility index (Phi) is 9.32. The molecule has 7 saturated carbocycles. The van der Waals surface area contributed by atoms with E-state index in [1.54, 1.807) is 6.92 Å². The van der Waals surface area contributed by atoms with Crippen molar-refractivity contribution in [3.05, 3.63) is 0 Å². The summed E-state index contributed by atoms with van der Waals surface area (Å²) in [5.74, 6) is 3.60. The van der Waals surface area contributed by atoms with Gasteiger partial charge in [0.25, 0.3) is 0 Å². The minimum absolute atomic E-state index is 0.00543. The molecule has 8 rings (SSSR count). The van der Waals surface area contributed by atoms with E-state index in [4.69, 9.17) is 4.74 Å². The summed E-state index contributed by atoms with van der Waals surface area (Å²) in [6.45, 7) is 23.2. The van der Waals surface area contributed by atoms with Gasteiger partial charge in [-0.3, -0.25) is 9.69 Å². The zero-order valence-corrected chi connectivity index (χ0v) is 35.8. The van der Waals surface area contributed by atoms with Crippen molar-refractivity contribution >= 4 is 15.8 Å². The summed E-state index contributed by atoms with van der Waals surface area (Å²) in [4.78, 5) is 15.6. The molecule has 0 amide bonds. The van der Waals surface area contributed by atoms with Gasteiger partial charge in [0, 0.05) is 30.6 Å². The van der Waals surface area contributed by atoms with Crippen molar-refractivity contribution in [1.29, 1.82) is 0 Å². The van der Waals surface area contributed by atoms with Crippen LogP contribution in [-0.2, 0) is 19.4 Å². The Morgan fingerprint density at radius 1 is 0.774 bits per heavy atom. The van der Waals surface area contributed by atoms with Gasteiger partial charge in [-0.15, -0.1) is 0 Å². The van der Waals surface area contributed by atoms with E-state index >= 15 is 4.39 Å². The summed E-state index contributed by atoms with van der Waals surface area (Å²) in [5, 5.41) is 4.19. The second kappa shape index (κ2) is 12.6. The number of carbonyl (C=O) groups excluding carboxylic acids is 1. The molecule has 1 aliphatic heterocycles. The number of hydrogen-bond donors (Lipinski definition) is 1. The number of esters is 1. The molecule has 6 nitrogen and oxygen atoms in total. The van der Waals surface area contributed by atoms with Gasteiger partial charge in [0.15, 0.2) is 9.84 Å². The zero-order valence-electron chi connectivity index (χ0n) is 35.0. The first-order valence-corrected chi connectivity index (χ1v) is 24.0. The molecule has 1 N–H and O–H groups in total. The second-order valence-electron chi connectivity index (χ2n) is 22.8. The van der Waals surface area contributed by atoms with Gasteiger partial charge < -0.3 is 10.1 Å². The fraction of sp³-hybridized carbons (Fsp3) is 0.978. The van der Waals surface area contributed by atoms with Crippen LogP contribution in [0.15, 0.2) is 0 Å². The Labute approximate surface area is 322 Å². The average Bonchev–Trinajstić information content (AvgIpc) is 3.69. The van der Waals surface area contributed by atoms with E-state index in [-0.39, 0.29) is 68.2 Å². The lowest BCUT2D eigenvalue weighted by molar-refractivity contribution is -0.249. The molecule has 8 heteroatoms. The van der Waals surface area contributed by atoms with Crippen LogP contribution in [0, 0.1) is 68.0 Å². The van der Waals surface area contributed by atoms with E-state index in [1.165, 1.54) is 64.2 Å². The number of nitrogens with one attached hydrogen (secondary N) is 1. The number of rotatable bonds is 8. The lowest BCUT2D eigenvalue weighted by atomic mass is 9.32. The Morgan fingerprint density at radius 3 is 2.08 bits per heavy atom. The van der Waals surface area contributed by atoms with E-state index in [9.17, 15) is 13.2 Å². The van der Waals surface area contributed by atoms with E-state index in [0.717, 1.165) is 31.6 Å². The highest BCUT2D eigenvalue weighted by atomic mass is 32.2. The largest absolute Gasteiger partial charge is 0.462 e. The molecule has 0 aromatic rings. The summed E-state index contributed by atoms with van der Waals surface area (Å²) >= 11 is 0. The molecule has 8 aliphatic rings. The minimum atomic E-state index is -3.01. The predicted octanol–water partition coefficient (Wildman–Crippen LogP) is 9.02. The first kappa shape index (κ1) is 39.1. The third kappa shape index (κ3) is 5.90. The van der Waals surface area contributed by atoms with Gasteiger partial charge in [-0.25, -0.2) is 12.8 Å². The third-order valence-corrected chi connectivity index (χ3v) is 21.5. The van der Waals surface area contributed by atoms with Crippen molar-refractivity contribution in [1.82, 2.24) is 10.2 Å². The smallest absolute Gasteiger partial charge is 0.309 e. The van der Waals surface area contributed by atoms with Crippen molar-refractivity contribution in [3.63, 3.8) is 0 Å². The van der Waals surface area contributed by atoms with Crippen LogP contribution < -0.4 is 5.32 Å². The molecular weight excluding hydrogens is 684 g/mol. The SMILES string of the molecule is C[C@H](F)[C@@H](CN[C@]12CC[C@@H](C3(C)CC3)[C@@H]1[C@H]1CC[C@@H]3[C@@]4(C)CC[C@H](OC(=O)[C@H]5CCC5(C)C)C(C)(C)[C@@H]4CC[C@@]3(C)[C@]1(C)CC2)N1CCS(=O)(=O)CC1. The fourth-order valence-corrected chi connectivity index (χ4v) is 17.1. The third-order valence-electron chi connectivity index (χ3n) is 19.9. The van der Waals surface area contributed by atoms with E-state index < -0.39 is 16.0 Å². The lowest BCUT2D eigenvalue weighted by Gasteiger charge is -2.73. The summed E-state index contributed by atoms with van der Waals surface area (Å²) in [6, 6.07) is -0.286. The van der Waals surface area contributed by atoms with Crippen LogP contribution >= 0.6 is 0 Å². The Hall–Kier alpha value is -0.730. The first-order chi connectivity index (χ1) is 24.6. The molecule has 0 aromatic carbocycles. The van der Waals surface area contributed by atoms with E-state index in [2.05, 4.69) is 65.6 Å². The van der Waals surface area contributed by atoms with Gasteiger partial charge in [-0.05, 0) is 153 Å². The molecule has 53 heavy (non-hydrogen) atoms. The van der Waals surface area contributed by atoms with Crippen LogP contribution in [-0.4, -0.2) is 74.3 Å². The highest BCUT2D eigenvalue weighted by molar-refractivity contribution is 7.91. The maximum Gasteiger partial charge on any atom is 0.309 e. The molecule has 302 valence electrons. The molecule has 13 atom stereocenters. The van der Waals surface area contributed by atoms with Gasteiger partial charge in [0.05, 0.1) is 23.5 Å². The molecule has 0 radical (unpaired) electrons. The summed E-state index contributed by atoms with van der Waals surface area (Å²) in [6.07, 6.45) is 15.9. The fourth-order valence-electron chi connectivity index (χ4n) is 15.9. The summed E-state index contributed by atoms with van der Waals surface area (Å²) in [5.41, 5.74) is 1.26. The Morgan fingerprint density at radius 2 is 1.47 bits per heavy atom. The summed E-state index contributed by atoms with van der Waals surface area (Å²) in [7, 11) is -3.01. The Balaban J connectivity index is 1.04. The normalized spacial score (nSPS) is 48.8. The van der Waals surface area contributed by atoms with Gasteiger partial charge >= 0.3 is 5.97 Å². The number of halogens is 1. The van der Waals surface area contributed by atoms with Crippen LogP contribution in [0.5, 0.6) is 0 Å². The maximum absolute atomic E-state index is 15.4. The lowest BCUT2D eigenvalue weighted by Crippen LogP contribution is -2.69. The molecule has 8 fully saturated rings. The maximum atomic E-state index is 15.4. The van der Waals surface area contributed by atoms with E-state index in [0.29, 0.717) is 48.7 Å². The number of carbonyl (C=O) groups is 1. The van der Waals surface area contributed by atoms with Crippen LogP contribution in [0.4, 0.5) is 4.39 Å². The Bertz CT molecular complexity index is 1540. The summed E-state index contributed by atoms with van der Waals surface area (Å²) < 4.78 is 46.4. The van der Waals surface area contributed by atoms with Crippen molar-refractivity contribution in [2.24, 2.45) is 68.0 Å². The minimum Gasteiger partial charge on any atom is -0.462 e. The van der Waals surface area contributed by atoms with Crippen molar-refractivity contribution in [2.45, 2.75) is 176 Å². The average molecular weight is 759 g/mol. The number of sulfone groups is 1. The highest BCUT2D eigenvalue weighted by Crippen LogP contribution is 2.78. The highest BCUT2D eigenvalue weighted by Gasteiger charge is 2.72. The number of fused-ring (bicyclic) bond motifs is 7. The topological polar surface area (TPSA) is 75.7 Å². The van der Waals surface area contributed by atoms with Gasteiger partial charge in [0.1, 0.15) is 12.3 Å². The predicted molar refractivity (Wildman–Crippen MR) is 211 cm³/mol. The van der Waals surface area contributed by atoms with Gasteiger partial charge in [0.2, 0.25) is 0 Å². The first-order valence-electron chi connectivity index (χ1n) is 22.2. The number of nitrogens with zero attached hydrogens (tertiary/aromatic N) is 1. The van der Waals surface area contributed by atoms with Crippen LogP contribution in [0.3, 0.4) is 0 Å². The molecule has 0 bridgehead atoms.